The largest absolute Gasteiger partial charge is 0.491 e. The first kappa shape index (κ1) is 14.0. The van der Waals surface area contributed by atoms with Crippen LogP contribution in [0.3, 0.4) is 0 Å². The molecule has 2 N–H and O–H groups in total. The lowest BCUT2D eigenvalue weighted by Gasteiger charge is -2.12. The van der Waals surface area contributed by atoms with Gasteiger partial charge in [0.15, 0.2) is 0 Å². The SMILES string of the molecule is CCCC(N)CCc1ccc(OC(C)C)cc1. The summed E-state index contributed by atoms with van der Waals surface area (Å²) in [6.45, 7) is 6.26. The van der Waals surface area contributed by atoms with Crippen LogP contribution in [-0.2, 0) is 6.42 Å². The Balaban J connectivity index is 2.40. The molecular weight excluding hydrogens is 210 g/mol. The Morgan fingerprint density at radius 2 is 1.76 bits per heavy atom. The number of aryl methyl sites for hydroxylation is 1. The quantitative estimate of drug-likeness (QED) is 0.784. The van der Waals surface area contributed by atoms with E-state index in [0.717, 1.165) is 25.0 Å². The predicted molar refractivity (Wildman–Crippen MR) is 73.4 cm³/mol. The Labute approximate surface area is 105 Å². The van der Waals surface area contributed by atoms with Crippen LogP contribution < -0.4 is 10.5 Å². The molecule has 0 bridgehead atoms. The minimum atomic E-state index is 0.235. The first-order valence-electron chi connectivity index (χ1n) is 6.63. The molecule has 1 unspecified atom stereocenters. The molecule has 0 aliphatic heterocycles. The number of ether oxygens (including phenoxy) is 1. The van der Waals surface area contributed by atoms with Crippen LogP contribution in [0.4, 0.5) is 0 Å². The number of nitrogens with two attached hydrogens (primary N) is 1. The first-order chi connectivity index (χ1) is 8.11. The van der Waals surface area contributed by atoms with Crippen molar-refractivity contribution in [3.8, 4) is 5.75 Å². The molecule has 1 atom stereocenters. The Hall–Kier alpha value is -1.02. The summed E-state index contributed by atoms with van der Waals surface area (Å²) in [5.74, 6) is 0.946. The fourth-order valence-corrected chi connectivity index (χ4v) is 1.87. The highest BCUT2D eigenvalue weighted by Crippen LogP contribution is 2.15. The molecule has 1 rings (SSSR count). The van der Waals surface area contributed by atoms with Gasteiger partial charge in [-0.1, -0.05) is 25.5 Å². The number of hydrogen-bond acceptors (Lipinski definition) is 2. The highest BCUT2D eigenvalue weighted by Gasteiger charge is 2.02. The smallest absolute Gasteiger partial charge is 0.119 e. The van der Waals surface area contributed by atoms with E-state index in [4.69, 9.17) is 10.5 Å². The Morgan fingerprint density at radius 3 is 2.29 bits per heavy atom. The van der Waals surface area contributed by atoms with E-state index in [-0.39, 0.29) is 6.10 Å². The van der Waals surface area contributed by atoms with Gasteiger partial charge in [-0.05, 0) is 50.8 Å². The van der Waals surface area contributed by atoms with E-state index in [2.05, 4.69) is 19.1 Å². The normalized spacial score (nSPS) is 12.8. The molecule has 0 fully saturated rings. The van der Waals surface area contributed by atoms with Gasteiger partial charge >= 0.3 is 0 Å². The fraction of sp³-hybridized carbons (Fsp3) is 0.600. The van der Waals surface area contributed by atoms with Gasteiger partial charge in [0, 0.05) is 6.04 Å². The van der Waals surface area contributed by atoms with Crippen molar-refractivity contribution in [2.75, 3.05) is 0 Å². The summed E-state index contributed by atoms with van der Waals surface area (Å²) in [6, 6.07) is 8.69. The molecule has 0 radical (unpaired) electrons. The monoisotopic (exact) mass is 235 g/mol. The number of benzene rings is 1. The van der Waals surface area contributed by atoms with Gasteiger partial charge in [0.2, 0.25) is 0 Å². The molecule has 2 heteroatoms. The second-order valence-corrected chi connectivity index (χ2v) is 4.90. The predicted octanol–water partition coefficient (Wildman–Crippen LogP) is 3.53. The molecule has 0 aromatic heterocycles. The molecule has 0 saturated carbocycles. The molecule has 2 nitrogen and oxygen atoms in total. The van der Waals surface area contributed by atoms with Crippen LogP contribution in [0.1, 0.15) is 45.6 Å². The topological polar surface area (TPSA) is 35.2 Å². The van der Waals surface area contributed by atoms with E-state index in [0.29, 0.717) is 6.04 Å². The number of rotatable bonds is 7. The lowest BCUT2D eigenvalue weighted by Crippen LogP contribution is -2.20. The van der Waals surface area contributed by atoms with Gasteiger partial charge in [-0.25, -0.2) is 0 Å². The molecule has 0 spiro atoms. The summed E-state index contributed by atoms with van der Waals surface area (Å²) in [5.41, 5.74) is 7.34. The zero-order chi connectivity index (χ0) is 12.7. The van der Waals surface area contributed by atoms with Gasteiger partial charge in [0.25, 0.3) is 0 Å². The van der Waals surface area contributed by atoms with Gasteiger partial charge in [-0.15, -0.1) is 0 Å². The maximum Gasteiger partial charge on any atom is 0.119 e. The van der Waals surface area contributed by atoms with Gasteiger partial charge < -0.3 is 10.5 Å². The summed E-state index contributed by atoms with van der Waals surface area (Å²) < 4.78 is 5.61. The van der Waals surface area contributed by atoms with Crippen molar-refractivity contribution in [3.63, 3.8) is 0 Å². The average Bonchev–Trinajstić information content (AvgIpc) is 2.28. The molecule has 0 aliphatic rings. The van der Waals surface area contributed by atoms with E-state index >= 15 is 0 Å². The lowest BCUT2D eigenvalue weighted by atomic mass is 10.0. The van der Waals surface area contributed by atoms with Crippen molar-refractivity contribution in [1.82, 2.24) is 0 Å². The summed E-state index contributed by atoms with van der Waals surface area (Å²) in [6.07, 6.45) is 4.65. The van der Waals surface area contributed by atoms with Crippen molar-refractivity contribution in [3.05, 3.63) is 29.8 Å². The highest BCUT2D eigenvalue weighted by molar-refractivity contribution is 5.27. The molecule has 0 heterocycles. The Morgan fingerprint density at radius 1 is 1.12 bits per heavy atom. The van der Waals surface area contributed by atoms with Crippen LogP contribution >= 0.6 is 0 Å². The van der Waals surface area contributed by atoms with Gasteiger partial charge in [-0.3, -0.25) is 0 Å². The van der Waals surface area contributed by atoms with Crippen LogP contribution in [0.5, 0.6) is 5.75 Å². The van der Waals surface area contributed by atoms with Crippen LogP contribution in [0.15, 0.2) is 24.3 Å². The van der Waals surface area contributed by atoms with Crippen molar-refractivity contribution in [2.45, 2.75) is 58.6 Å². The minimum absolute atomic E-state index is 0.235. The van der Waals surface area contributed by atoms with Crippen LogP contribution in [0.25, 0.3) is 0 Å². The maximum atomic E-state index is 6.00. The summed E-state index contributed by atoms with van der Waals surface area (Å²) >= 11 is 0. The first-order valence-corrected chi connectivity index (χ1v) is 6.63. The van der Waals surface area contributed by atoms with E-state index < -0.39 is 0 Å². The second-order valence-electron chi connectivity index (χ2n) is 4.90. The van der Waals surface area contributed by atoms with Gasteiger partial charge in [-0.2, -0.15) is 0 Å². The molecule has 96 valence electrons. The zero-order valence-electron chi connectivity index (χ0n) is 11.3. The average molecular weight is 235 g/mol. The summed E-state index contributed by atoms with van der Waals surface area (Å²) in [4.78, 5) is 0. The maximum absolute atomic E-state index is 6.00. The highest BCUT2D eigenvalue weighted by atomic mass is 16.5. The van der Waals surface area contributed by atoms with Crippen molar-refractivity contribution >= 4 is 0 Å². The van der Waals surface area contributed by atoms with E-state index in [9.17, 15) is 0 Å². The number of hydrogen-bond donors (Lipinski definition) is 1. The zero-order valence-corrected chi connectivity index (χ0v) is 11.3. The fourth-order valence-electron chi connectivity index (χ4n) is 1.87. The van der Waals surface area contributed by atoms with Crippen LogP contribution in [0, 0.1) is 0 Å². The van der Waals surface area contributed by atoms with Gasteiger partial charge in [0.1, 0.15) is 5.75 Å². The second kappa shape index (κ2) is 7.33. The third-order valence-corrected chi connectivity index (χ3v) is 2.76. The molecule has 17 heavy (non-hydrogen) atoms. The molecule has 0 amide bonds. The van der Waals surface area contributed by atoms with E-state index in [1.54, 1.807) is 0 Å². The van der Waals surface area contributed by atoms with E-state index in [1.165, 1.54) is 12.0 Å². The van der Waals surface area contributed by atoms with E-state index in [1.807, 2.05) is 26.0 Å². The molecular formula is C15H25NO. The van der Waals surface area contributed by atoms with Crippen LogP contribution in [0.2, 0.25) is 0 Å². The molecule has 0 saturated heterocycles. The summed E-state index contributed by atoms with van der Waals surface area (Å²) in [5, 5.41) is 0. The van der Waals surface area contributed by atoms with Crippen molar-refractivity contribution in [1.29, 1.82) is 0 Å². The molecule has 0 aliphatic carbocycles. The van der Waals surface area contributed by atoms with Crippen LogP contribution in [-0.4, -0.2) is 12.1 Å². The lowest BCUT2D eigenvalue weighted by molar-refractivity contribution is 0.242. The third kappa shape index (κ3) is 5.73. The van der Waals surface area contributed by atoms with Crippen molar-refractivity contribution < 1.29 is 4.74 Å². The molecule has 1 aromatic rings. The Bertz CT molecular complexity index is 305. The third-order valence-electron chi connectivity index (χ3n) is 2.76. The standard InChI is InChI=1S/C15H25NO/c1-4-5-14(16)9-6-13-7-10-15(11-8-13)17-12(2)3/h7-8,10-12,14H,4-6,9,16H2,1-3H3. The Kier molecular flexibility index (Phi) is 6.06. The summed E-state index contributed by atoms with van der Waals surface area (Å²) in [7, 11) is 0. The van der Waals surface area contributed by atoms with Crippen molar-refractivity contribution in [2.24, 2.45) is 5.73 Å². The van der Waals surface area contributed by atoms with Gasteiger partial charge in [0.05, 0.1) is 6.10 Å². The molecule has 1 aromatic carbocycles. The minimum Gasteiger partial charge on any atom is -0.491 e.